The standard InChI is InChI=1S/C49H96O3/c1-2-3-4-5-6-7-8-28-31-34-37-40-43-46-49(51)52-48-45-42-39-36-33-30-27-25-23-21-19-17-15-13-11-9-10-12-14-16-18-20-22-24-26-29-32-35-38-41-44-47-50/h7-8,50H,2-6,9-48H2,1H3/b8-7-. The van der Waals surface area contributed by atoms with Crippen molar-refractivity contribution < 1.29 is 14.6 Å². The van der Waals surface area contributed by atoms with E-state index in [1.165, 1.54) is 244 Å². The Morgan fingerprint density at radius 2 is 0.635 bits per heavy atom. The number of rotatable bonds is 46. The molecule has 1 N–H and O–H groups in total. The van der Waals surface area contributed by atoms with Crippen LogP contribution in [0.1, 0.15) is 283 Å². The van der Waals surface area contributed by atoms with Crippen LogP contribution < -0.4 is 0 Å². The van der Waals surface area contributed by atoms with Gasteiger partial charge in [-0.3, -0.25) is 4.79 Å². The van der Waals surface area contributed by atoms with E-state index >= 15 is 0 Å². The van der Waals surface area contributed by atoms with Crippen LogP contribution in [0.4, 0.5) is 0 Å². The van der Waals surface area contributed by atoms with Crippen LogP contribution >= 0.6 is 0 Å². The number of allylic oxidation sites excluding steroid dienone is 2. The predicted octanol–water partition coefficient (Wildman–Crippen LogP) is 16.9. The number of hydrogen-bond donors (Lipinski definition) is 1. The smallest absolute Gasteiger partial charge is 0.305 e. The number of carbonyl (C=O) groups is 1. The first-order valence-electron chi connectivity index (χ1n) is 24.2. The van der Waals surface area contributed by atoms with Gasteiger partial charge in [0.05, 0.1) is 6.61 Å². The van der Waals surface area contributed by atoms with Crippen molar-refractivity contribution in [2.24, 2.45) is 0 Å². The highest BCUT2D eigenvalue weighted by Crippen LogP contribution is 2.17. The fourth-order valence-corrected chi connectivity index (χ4v) is 7.59. The van der Waals surface area contributed by atoms with Crippen LogP contribution in [0.2, 0.25) is 0 Å². The summed E-state index contributed by atoms with van der Waals surface area (Å²) < 4.78 is 5.46. The summed E-state index contributed by atoms with van der Waals surface area (Å²) in [7, 11) is 0. The quantitative estimate of drug-likeness (QED) is 0.0385. The van der Waals surface area contributed by atoms with Gasteiger partial charge in [0, 0.05) is 13.0 Å². The molecular formula is C49H96O3. The normalized spacial score (nSPS) is 11.7. The molecule has 0 aliphatic heterocycles. The third kappa shape index (κ3) is 47.2. The molecule has 0 aliphatic rings. The summed E-state index contributed by atoms with van der Waals surface area (Å²) in [6.07, 6.45) is 62.1. The Bertz CT molecular complexity index is 673. The molecule has 310 valence electrons. The van der Waals surface area contributed by atoms with E-state index in [-0.39, 0.29) is 5.97 Å². The second-order valence-corrected chi connectivity index (χ2v) is 16.5. The number of aliphatic hydroxyl groups is 1. The Kier molecular flexibility index (Phi) is 47.4. The molecule has 0 rings (SSSR count). The van der Waals surface area contributed by atoms with E-state index < -0.39 is 0 Å². The van der Waals surface area contributed by atoms with Crippen molar-refractivity contribution in [3.63, 3.8) is 0 Å². The molecule has 0 aromatic carbocycles. The van der Waals surface area contributed by atoms with Crippen LogP contribution in [-0.4, -0.2) is 24.3 Å². The summed E-state index contributed by atoms with van der Waals surface area (Å²) in [4.78, 5) is 12.0. The fraction of sp³-hybridized carbons (Fsp3) is 0.939. The molecule has 0 aliphatic carbocycles. The number of esters is 1. The third-order valence-corrected chi connectivity index (χ3v) is 11.2. The van der Waals surface area contributed by atoms with Gasteiger partial charge in [0.25, 0.3) is 0 Å². The minimum atomic E-state index is 0.0170. The molecule has 0 bridgehead atoms. The van der Waals surface area contributed by atoms with Crippen molar-refractivity contribution in [1.29, 1.82) is 0 Å². The molecule has 3 nitrogen and oxygen atoms in total. The van der Waals surface area contributed by atoms with Crippen molar-refractivity contribution in [3.05, 3.63) is 12.2 Å². The van der Waals surface area contributed by atoms with Crippen molar-refractivity contribution in [1.82, 2.24) is 0 Å². The second kappa shape index (κ2) is 48.2. The molecule has 0 spiro atoms. The first kappa shape index (κ1) is 51.2. The minimum absolute atomic E-state index is 0.0170. The summed E-state index contributed by atoms with van der Waals surface area (Å²) in [5.74, 6) is 0.0170. The molecule has 0 aromatic heterocycles. The lowest BCUT2D eigenvalue weighted by Crippen LogP contribution is -2.05. The summed E-state index contributed by atoms with van der Waals surface area (Å²) in [6.45, 7) is 3.26. The van der Waals surface area contributed by atoms with E-state index in [0.717, 1.165) is 25.7 Å². The molecule has 0 heterocycles. The number of hydrogen-bond acceptors (Lipinski definition) is 3. The largest absolute Gasteiger partial charge is 0.466 e. The van der Waals surface area contributed by atoms with Gasteiger partial charge in [-0.25, -0.2) is 0 Å². The van der Waals surface area contributed by atoms with Gasteiger partial charge < -0.3 is 9.84 Å². The summed E-state index contributed by atoms with van der Waals surface area (Å²) in [6, 6.07) is 0. The number of unbranched alkanes of at least 4 members (excludes halogenated alkanes) is 39. The van der Waals surface area contributed by atoms with Gasteiger partial charge in [0.1, 0.15) is 0 Å². The average Bonchev–Trinajstić information content (AvgIpc) is 3.15. The van der Waals surface area contributed by atoms with Gasteiger partial charge in [0.15, 0.2) is 0 Å². The zero-order valence-corrected chi connectivity index (χ0v) is 35.7. The molecular weight excluding hydrogens is 637 g/mol. The zero-order chi connectivity index (χ0) is 37.5. The van der Waals surface area contributed by atoms with Crippen molar-refractivity contribution >= 4 is 5.97 Å². The molecule has 0 saturated heterocycles. The average molecular weight is 733 g/mol. The summed E-state index contributed by atoms with van der Waals surface area (Å²) in [5, 5.41) is 8.81. The van der Waals surface area contributed by atoms with E-state index in [1.807, 2.05) is 0 Å². The highest BCUT2D eigenvalue weighted by Gasteiger charge is 2.03. The Balaban J connectivity index is 3.14. The Hall–Kier alpha value is -0.830. The van der Waals surface area contributed by atoms with Gasteiger partial charge in [-0.15, -0.1) is 0 Å². The molecule has 3 heteroatoms. The molecule has 0 unspecified atom stereocenters. The number of carbonyl (C=O) groups excluding carboxylic acids is 1. The zero-order valence-electron chi connectivity index (χ0n) is 35.7. The van der Waals surface area contributed by atoms with Crippen LogP contribution in [0.3, 0.4) is 0 Å². The first-order valence-corrected chi connectivity index (χ1v) is 24.2. The summed E-state index contributed by atoms with van der Waals surface area (Å²) >= 11 is 0. The van der Waals surface area contributed by atoms with Crippen LogP contribution in [0.25, 0.3) is 0 Å². The first-order chi connectivity index (χ1) is 25.8. The van der Waals surface area contributed by atoms with Gasteiger partial charge >= 0.3 is 5.97 Å². The van der Waals surface area contributed by atoms with Crippen molar-refractivity contribution in [3.8, 4) is 0 Å². The Labute approximate surface area is 328 Å². The van der Waals surface area contributed by atoms with Gasteiger partial charge in [-0.05, 0) is 44.9 Å². The van der Waals surface area contributed by atoms with E-state index in [1.54, 1.807) is 0 Å². The molecule has 0 amide bonds. The topological polar surface area (TPSA) is 46.5 Å². The highest BCUT2D eigenvalue weighted by atomic mass is 16.5. The Morgan fingerprint density at radius 1 is 0.365 bits per heavy atom. The van der Waals surface area contributed by atoms with Gasteiger partial charge in [-0.1, -0.05) is 244 Å². The lowest BCUT2D eigenvalue weighted by molar-refractivity contribution is -0.143. The molecule has 0 atom stereocenters. The second-order valence-electron chi connectivity index (χ2n) is 16.5. The van der Waals surface area contributed by atoms with Crippen LogP contribution in [-0.2, 0) is 9.53 Å². The molecule has 52 heavy (non-hydrogen) atoms. The molecule has 0 radical (unpaired) electrons. The SMILES string of the molecule is CCCCCC/C=C\CCCCCCCC(=O)OCCCCCCCCCCCCCCCCCCCCCCCCCCCCCCCCCO. The van der Waals surface area contributed by atoms with Crippen LogP contribution in [0.5, 0.6) is 0 Å². The third-order valence-electron chi connectivity index (χ3n) is 11.2. The molecule has 0 fully saturated rings. The van der Waals surface area contributed by atoms with Crippen LogP contribution in [0, 0.1) is 0 Å². The fourth-order valence-electron chi connectivity index (χ4n) is 7.59. The number of aliphatic hydroxyl groups excluding tert-OH is 1. The lowest BCUT2D eigenvalue weighted by atomic mass is 10.0. The maximum absolute atomic E-state index is 12.0. The monoisotopic (exact) mass is 733 g/mol. The highest BCUT2D eigenvalue weighted by molar-refractivity contribution is 5.69. The minimum Gasteiger partial charge on any atom is -0.466 e. The van der Waals surface area contributed by atoms with Gasteiger partial charge in [-0.2, -0.15) is 0 Å². The Morgan fingerprint density at radius 3 is 0.962 bits per heavy atom. The summed E-state index contributed by atoms with van der Waals surface area (Å²) in [5.41, 5.74) is 0. The maximum atomic E-state index is 12.0. The molecule has 0 aromatic rings. The van der Waals surface area contributed by atoms with Gasteiger partial charge in [0.2, 0.25) is 0 Å². The van der Waals surface area contributed by atoms with E-state index in [0.29, 0.717) is 19.6 Å². The predicted molar refractivity (Wildman–Crippen MR) is 231 cm³/mol. The van der Waals surface area contributed by atoms with E-state index in [2.05, 4.69) is 19.1 Å². The van der Waals surface area contributed by atoms with E-state index in [9.17, 15) is 4.79 Å². The van der Waals surface area contributed by atoms with Crippen molar-refractivity contribution in [2.45, 2.75) is 283 Å². The lowest BCUT2D eigenvalue weighted by Gasteiger charge is -2.06. The molecule has 0 saturated carbocycles. The maximum Gasteiger partial charge on any atom is 0.305 e. The van der Waals surface area contributed by atoms with E-state index in [4.69, 9.17) is 9.84 Å². The van der Waals surface area contributed by atoms with Crippen molar-refractivity contribution in [2.75, 3.05) is 13.2 Å². The number of ether oxygens (including phenoxy) is 1. The van der Waals surface area contributed by atoms with Crippen LogP contribution in [0.15, 0.2) is 12.2 Å².